The molecule has 32 heavy (non-hydrogen) atoms. The standard InChI is InChI=1S/C22H18ClFN2O5S/c23-18-13-16(7-8-19(18)24)26(32(28,29)17-4-2-1-3-5-17)14-22(27)25-15-6-9-20-21(12-15)31-11-10-30-20/h1-9,12-13H,10-11,14H2,(H,25,27). The summed E-state index contributed by atoms with van der Waals surface area (Å²) in [5.74, 6) is -0.272. The molecule has 0 atom stereocenters. The van der Waals surface area contributed by atoms with E-state index in [1.807, 2.05) is 0 Å². The molecule has 0 aromatic heterocycles. The largest absolute Gasteiger partial charge is 0.486 e. The number of hydrogen-bond donors (Lipinski definition) is 1. The fourth-order valence-corrected chi connectivity index (χ4v) is 4.74. The predicted octanol–water partition coefficient (Wildman–Crippen LogP) is 4.08. The highest BCUT2D eigenvalue weighted by Gasteiger charge is 2.28. The van der Waals surface area contributed by atoms with Gasteiger partial charge in [0.25, 0.3) is 10.0 Å². The Labute approximate surface area is 189 Å². The number of anilines is 2. The van der Waals surface area contributed by atoms with Crippen LogP contribution in [0.4, 0.5) is 15.8 Å². The Hall–Kier alpha value is -3.30. The van der Waals surface area contributed by atoms with Crippen molar-refractivity contribution in [2.45, 2.75) is 4.90 Å². The summed E-state index contributed by atoms with van der Waals surface area (Å²) in [7, 11) is -4.14. The summed E-state index contributed by atoms with van der Waals surface area (Å²) < 4.78 is 52.1. The van der Waals surface area contributed by atoms with Gasteiger partial charge in [0.1, 0.15) is 25.6 Å². The molecular weight excluding hydrogens is 459 g/mol. The third-order valence-corrected chi connectivity index (χ3v) is 6.71. The van der Waals surface area contributed by atoms with Gasteiger partial charge >= 0.3 is 0 Å². The van der Waals surface area contributed by atoms with Gasteiger partial charge in [-0.05, 0) is 42.5 Å². The quantitative estimate of drug-likeness (QED) is 0.579. The van der Waals surface area contributed by atoms with Gasteiger partial charge in [0.05, 0.1) is 15.6 Å². The van der Waals surface area contributed by atoms with E-state index in [0.717, 1.165) is 16.4 Å². The summed E-state index contributed by atoms with van der Waals surface area (Å²) in [5, 5.41) is 2.39. The SMILES string of the molecule is O=C(CN(c1ccc(F)c(Cl)c1)S(=O)(=O)c1ccccc1)Nc1ccc2c(c1)OCCO2. The first-order valence-electron chi connectivity index (χ1n) is 9.57. The molecule has 7 nitrogen and oxygen atoms in total. The van der Waals surface area contributed by atoms with Crippen molar-refractivity contribution < 1.29 is 27.1 Å². The first kappa shape index (κ1) is 21.9. The summed E-state index contributed by atoms with van der Waals surface area (Å²) in [6.45, 7) is 0.262. The minimum Gasteiger partial charge on any atom is -0.486 e. The molecule has 1 aliphatic heterocycles. The molecule has 10 heteroatoms. The van der Waals surface area contributed by atoms with E-state index >= 15 is 0 Å². The number of fused-ring (bicyclic) bond motifs is 1. The number of ether oxygens (including phenoxy) is 2. The number of nitrogens with one attached hydrogen (secondary N) is 1. The average molecular weight is 477 g/mol. The predicted molar refractivity (Wildman–Crippen MR) is 118 cm³/mol. The van der Waals surface area contributed by atoms with Gasteiger partial charge in [-0.25, -0.2) is 12.8 Å². The number of sulfonamides is 1. The van der Waals surface area contributed by atoms with E-state index in [1.54, 1.807) is 36.4 Å². The molecule has 1 amide bonds. The Bertz CT molecular complexity index is 1250. The lowest BCUT2D eigenvalue weighted by molar-refractivity contribution is -0.114. The Morgan fingerprint density at radius 3 is 2.44 bits per heavy atom. The van der Waals surface area contributed by atoms with Crippen LogP contribution in [0.1, 0.15) is 0 Å². The van der Waals surface area contributed by atoms with Crippen LogP contribution in [0.15, 0.2) is 71.6 Å². The molecule has 0 fully saturated rings. The number of rotatable bonds is 6. The van der Waals surface area contributed by atoms with Crippen molar-refractivity contribution in [1.29, 1.82) is 0 Å². The zero-order chi connectivity index (χ0) is 22.7. The third kappa shape index (κ3) is 4.63. The average Bonchev–Trinajstić information content (AvgIpc) is 2.80. The minimum absolute atomic E-state index is 0.0208. The number of benzene rings is 3. The zero-order valence-corrected chi connectivity index (χ0v) is 18.2. The van der Waals surface area contributed by atoms with Gasteiger partial charge in [0.2, 0.25) is 5.91 Å². The Morgan fingerprint density at radius 2 is 1.72 bits per heavy atom. The van der Waals surface area contributed by atoms with E-state index in [9.17, 15) is 17.6 Å². The molecule has 0 spiro atoms. The van der Waals surface area contributed by atoms with Crippen LogP contribution in [0.3, 0.4) is 0 Å². The van der Waals surface area contributed by atoms with Gasteiger partial charge in [-0.15, -0.1) is 0 Å². The summed E-state index contributed by atoms with van der Waals surface area (Å²) >= 11 is 5.86. The van der Waals surface area contributed by atoms with Gasteiger partial charge in [0.15, 0.2) is 11.5 Å². The molecule has 1 N–H and O–H groups in total. The fourth-order valence-electron chi connectivity index (χ4n) is 3.13. The Balaban J connectivity index is 1.63. The lowest BCUT2D eigenvalue weighted by Crippen LogP contribution is -2.38. The molecule has 0 bridgehead atoms. The summed E-state index contributed by atoms with van der Waals surface area (Å²) in [6, 6.07) is 16.0. The van der Waals surface area contributed by atoms with Crippen LogP contribution in [0.25, 0.3) is 0 Å². The van der Waals surface area contributed by atoms with Crippen LogP contribution in [0, 0.1) is 5.82 Å². The van der Waals surface area contributed by atoms with Crippen LogP contribution in [-0.2, 0) is 14.8 Å². The first-order chi connectivity index (χ1) is 15.3. The summed E-state index contributed by atoms with van der Waals surface area (Å²) in [4.78, 5) is 12.8. The van der Waals surface area contributed by atoms with Gasteiger partial charge in [-0.3, -0.25) is 9.10 Å². The highest BCUT2D eigenvalue weighted by Crippen LogP contribution is 2.33. The van der Waals surface area contributed by atoms with Crippen LogP contribution >= 0.6 is 11.6 Å². The second-order valence-corrected chi connectivity index (χ2v) is 9.10. The highest BCUT2D eigenvalue weighted by atomic mass is 35.5. The van der Waals surface area contributed by atoms with E-state index in [1.165, 1.54) is 18.2 Å². The molecule has 166 valence electrons. The van der Waals surface area contributed by atoms with E-state index in [-0.39, 0.29) is 15.6 Å². The first-order valence-corrected chi connectivity index (χ1v) is 11.4. The molecular formula is C22H18ClFN2O5S. The van der Waals surface area contributed by atoms with E-state index in [2.05, 4.69) is 5.32 Å². The minimum atomic E-state index is -4.14. The van der Waals surface area contributed by atoms with Crippen LogP contribution in [-0.4, -0.2) is 34.1 Å². The number of carbonyl (C=O) groups excluding carboxylic acids is 1. The molecule has 3 aromatic rings. The smallest absolute Gasteiger partial charge is 0.264 e. The lowest BCUT2D eigenvalue weighted by atomic mass is 10.2. The van der Waals surface area contributed by atoms with Gasteiger partial charge in [-0.1, -0.05) is 29.8 Å². The van der Waals surface area contributed by atoms with Crippen molar-refractivity contribution in [1.82, 2.24) is 0 Å². The van der Waals surface area contributed by atoms with Gasteiger partial charge in [-0.2, -0.15) is 0 Å². The Kier molecular flexibility index (Phi) is 6.20. The molecule has 3 aromatic carbocycles. The van der Waals surface area contributed by atoms with Crippen molar-refractivity contribution in [3.8, 4) is 11.5 Å². The van der Waals surface area contributed by atoms with Crippen LogP contribution < -0.4 is 19.1 Å². The van der Waals surface area contributed by atoms with E-state index < -0.39 is 28.3 Å². The van der Waals surface area contributed by atoms with Crippen molar-refractivity contribution in [2.75, 3.05) is 29.4 Å². The number of amides is 1. The molecule has 1 aliphatic rings. The van der Waals surface area contributed by atoms with Crippen molar-refractivity contribution >= 4 is 38.9 Å². The molecule has 1 heterocycles. The van der Waals surface area contributed by atoms with E-state index in [4.69, 9.17) is 21.1 Å². The number of nitrogens with zero attached hydrogens (tertiary/aromatic N) is 1. The molecule has 0 saturated heterocycles. The lowest BCUT2D eigenvalue weighted by Gasteiger charge is -2.24. The van der Waals surface area contributed by atoms with Crippen molar-refractivity contribution in [3.63, 3.8) is 0 Å². The Morgan fingerprint density at radius 1 is 1.00 bits per heavy atom. The molecule has 0 saturated carbocycles. The van der Waals surface area contributed by atoms with Crippen LogP contribution in [0.5, 0.6) is 11.5 Å². The van der Waals surface area contributed by atoms with Crippen molar-refractivity contribution in [2.24, 2.45) is 0 Å². The second-order valence-electron chi connectivity index (χ2n) is 6.83. The highest BCUT2D eigenvalue weighted by molar-refractivity contribution is 7.92. The maximum atomic E-state index is 13.7. The summed E-state index contributed by atoms with van der Waals surface area (Å²) in [6.07, 6.45) is 0. The number of carbonyl (C=O) groups is 1. The van der Waals surface area contributed by atoms with Crippen LogP contribution in [0.2, 0.25) is 5.02 Å². The monoisotopic (exact) mass is 476 g/mol. The molecule has 0 radical (unpaired) electrons. The maximum absolute atomic E-state index is 13.7. The van der Waals surface area contributed by atoms with Crippen molar-refractivity contribution in [3.05, 3.63) is 77.6 Å². The second kappa shape index (κ2) is 9.05. The zero-order valence-electron chi connectivity index (χ0n) is 16.6. The molecule has 0 unspecified atom stereocenters. The summed E-state index contributed by atoms with van der Waals surface area (Å²) in [5.41, 5.74) is 0.464. The fraction of sp³-hybridized carbons (Fsp3) is 0.136. The van der Waals surface area contributed by atoms with Gasteiger partial charge in [0, 0.05) is 11.8 Å². The third-order valence-electron chi connectivity index (χ3n) is 4.64. The normalized spacial score (nSPS) is 12.8. The molecule has 0 aliphatic carbocycles. The maximum Gasteiger partial charge on any atom is 0.264 e. The molecule has 4 rings (SSSR count). The number of halogens is 2. The topological polar surface area (TPSA) is 84.9 Å². The number of hydrogen-bond acceptors (Lipinski definition) is 5. The van der Waals surface area contributed by atoms with Gasteiger partial charge < -0.3 is 14.8 Å². The van der Waals surface area contributed by atoms with E-state index in [0.29, 0.717) is 30.4 Å².